The molecule has 0 spiro atoms. The van der Waals surface area contributed by atoms with E-state index in [2.05, 4.69) is 32.9 Å². The van der Waals surface area contributed by atoms with E-state index in [1.54, 1.807) is 0 Å². The Kier molecular flexibility index (Phi) is 5.93. The number of benzene rings is 1. The number of rotatable bonds is 6. The zero-order chi connectivity index (χ0) is 13.5. The van der Waals surface area contributed by atoms with Gasteiger partial charge in [-0.3, -0.25) is 0 Å². The Morgan fingerprint density at radius 3 is 2.39 bits per heavy atom. The van der Waals surface area contributed by atoms with Gasteiger partial charge in [-0.2, -0.15) is 0 Å². The molecule has 0 radical (unpaired) electrons. The Morgan fingerprint density at radius 1 is 1.28 bits per heavy atom. The molecule has 1 unspecified atom stereocenters. The fourth-order valence-corrected chi connectivity index (χ4v) is 2.06. The highest BCUT2D eigenvalue weighted by Crippen LogP contribution is 2.25. The number of hydrogen-bond donors (Lipinski definition) is 1. The minimum atomic E-state index is 0.249. The van der Waals surface area contributed by atoms with Crippen LogP contribution in [0.2, 0.25) is 0 Å². The molecular weight excluding hydrogens is 222 g/mol. The summed E-state index contributed by atoms with van der Waals surface area (Å²) in [5.41, 5.74) is 9.69. The highest BCUT2D eigenvalue weighted by Gasteiger charge is 2.08. The lowest BCUT2D eigenvalue weighted by atomic mass is 9.99. The maximum atomic E-state index is 6.00. The van der Waals surface area contributed by atoms with Crippen LogP contribution in [0.5, 0.6) is 5.75 Å². The first kappa shape index (κ1) is 14.8. The molecule has 0 heterocycles. The highest BCUT2D eigenvalue weighted by atomic mass is 16.5. The van der Waals surface area contributed by atoms with E-state index in [4.69, 9.17) is 10.5 Å². The molecule has 0 fully saturated rings. The second-order valence-corrected chi connectivity index (χ2v) is 4.81. The molecule has 0 bridgehead atoms. The molecular formula is C16H25NO. The van der Waals surface area contributed by atoms with Crippen molar-refractivity contribution in [3.63, 3.8) is 0 Å². The van der Waals surface area contributed by atoms with Gasteiger partial charge in [0.05, 0.1) is 0 Å². The molecule has 0 saturated heterocycles. The summed E-state index contributed by atoms with van der Waals surface area (Å²) < 4.78 is 5.78. The van der Waals surface area contributed by atoms with Crippen molar-refractivity contribution in [3.05, 3.63) is 41.0 Å². The van der Waals surface area contributed by atoms with E-state index in [1.807, 2.05) is 19.1 Å². The molecule has 0 aromatic heterocycles. The van der Waals surface area contributed by atoms with Gasteiger partial charge in [-0.1, -0.05) is 31.2 Å². The molecule has 100 valence electrons. The largest absolute Gasteiger partial charge is 0.489 e. The molecule has 1 aromatic carbocycles. The Balaban J connectivity index is 2.83. The summed E-state index contributed by atoms with van der Waals surface area (Å²) in [4.78, 5) is 0. The molecule has 0 aliphatic heterocycles. The summed E-state index contributed by atoms with van der Waals surface area (Å²) in [6, 6.07) is 4.62. The van der Waals surface area contributed by atoms with Crippen molar-refractivity contribution in [2.75, 3.05) is 6.61 Å². The summed E-state index contributed by atoms with van der Waals surface area (Å²) in [6.07, 6.45) is 5.96. The Morgan fingerprint density at radius 2 is 1.89 bits per heavy atom. The van der Waals surface area contributed by atoms with Crippen LogP contribution in [0.1, 0.15) is 37.0 Å². The minimum absolute atomic E-state index is 0.249. The van der Waals surface area contributed by atoms with E-state index < -0.39 is 0 Å². The van der Waals surface area contributed by atoms with E-state index in [-0.39, 0.29) is 6.04 Å². The summed E-state index contributed by atoms with van der Waals surface area (Å²) in [5.74, 6) is 1.00. The van der Waals surface area contributed by atoms with Crippen LogP contribution in [0.3, 0.4) is 0 Å². The monoisotopic (exact) mass is 247 g/mol. The molecule has 2 nitrogen and oxygen atoms in total. The van der Waals surface area contributed by atoms with Crippen molar-refractivity contribution in [3.8, 4) is 5.75 Å². The maximum Gasteiger partial charge on any atom is 0.125 e. The first-order chi connectivity index (χ1) is 8.58. The van der Waals surface area contributed by atoms with E-state index in [1.165, 1.54) is 16.7 Å². The van der Waals surface area contributed by atoms with Crippen LogP contribution in [0.25, 0.3) is 0 Å². The molecule has 0 aliphatic carbocycles. The second kappa shape index (κ2) is 7.22. The molecule has 18 heavy (non-hydrogen) atoms. The van der Waals surface area contributed by atoms with Gasteiger partial charge in [0.1, 0.15) is 12.4 Å². The lowest BCUT2D eigenvalue weighted by Gasteiger charge is -2.15. The molecule has 2 N–H and O–H groups in total. The average molecular weight is 247 g/mol. The smallest absolute Gasteiger partial charge is 0.125 e. The van der Waals surface area contributed by atoms with Gasteiger partial charge in [-0.15, -0.1) is 0 Å². The van der Waals surface area contributed by atoms with Crippen molar-refractivity contribution in [1.82, 2.24) is 0 Å². The molecule has 0 saturated carbocycles. The average Bonchev–Trinajstić information content (AvgIpc) is 2.32. The minimum Gasteiger partial charge on any atom is -0.489 e. The fraction of sp³-hybridized carbons (Fsp3) is 0.500. The van der Waals surface area contributed by atoms with Crippen LogP contribution in [0, 0.1) is 13.8 Å². The van der Waals surface area contributed by atoms with E-state index in [0.717, 1.165) is 18.6 Å². The Bertz CT molecular complexity index is 387. The molecule has 1 rings (SSSR count). The van der Waals surface area contributed by atoms with Gasteiger partial charge in [-0.25, -0.2) is 0 Å². The molecule has 1 aromatic rings. The third-order valence-electron chi connectivity index (χ3n) is 3.10. The van der Waals surface area contributed by atoms with Gasteiger partial charge in [-0.05, 0) is 50.3 Å². The zero-order valence-electron chi connectivity index (χ0n) is 12.0. The van der Waals surface area contributed by atoms with Gasteiger partial charge in [0.15, 0.2) is 0 Å². The first-order valence-electron chi connectivity index (χ1n) is 6.68. The number of aryl methyl sites for hydroxylation is 2. The fourth-order valence-electron chi connectivity index (χ4n) is 2.06. The van der Waals surface area contributed by atoms with Crippen molar-refractivity contribution in [2.45, 2.75) is 46.6 Å². The van der Waals surface area contributed by atoms with Gasteiger partial charge in [0.2, 0.25) is 0 Å². The number of allylic oxidation sites excluding steroid dienone is 1. The maximum absolute atomic E-state index is 6.00. The molecule has 1 atom stereocenters. The van der Waals surface area contributed by atoms with Gasteiger partial charge >= 0.3 is 0 Å². The first-order valence-corrected chi connectivity index (χ1v) is 6.68. The Labute approximate surface area is 111 Å². The zero-order valence-corrected chi connectivity index (χ0v) is 12.0. The normalized spacial score (nSPS) is 12.9. The van der Waals surface area contributed by atoms with Crippen LogP contribution in [0.4, 0.5) is 0 Å². The standard InChI is InChI=1S/C16H25NO/c1-5-7-8-18-16-12(3)9-14(10-13(16)4)11-15(17)6-2/h5,7,9-10,15H,6,8,11,17H2,1-4H3/b7-5+. The van der Waals surface area contributed by atoms with Crippen molar-refractivity contribution in [1.29, 1.82) is 0 Å². The van der Waals surface area contributed by atoms with Crippen molar-refractivity contribution < 1.29 is 4.74 Å². The molecule has 2 heteroatoms. The van der Waals surface area contributed by atoms with E-state index in [9.17, 15) is 0 Å². The quantitative estimate of drug-likeness (QED) is 0.780. The van der Waals surface area contributed by atoms with Gasteiger partial charge in [0, 0.05) is 6.04 Å². The third-order valence-corrected chi connectivity index (χ3v) is 3.10. The summed E-state index contributed by atoms with van der Waals surface area (Å²) >= 11 is 0. The van der Waals surface area contributed by atoms with Crippen LogP contribution < -0.4 is 10.5 Å². The predicted octanol–water partition coefficient (Wildman–Crippen LogP) is 3.54. The second-order valence-electron chi connectivity index (χ2n) is 4.81. The topological polar surface area (TPSA) is 35.2 Å². The molecule has 0 amide bonds. The SMILES string of the molecule is C/C=C/COc1c(C)cc(CC(N)CC)cc1C. The van der Waals surface area contributed by atoms with Crippen LogP contribution in [0.15, 0.2) is 24.3 Å². The summed E-state index contributed by atoms with van der Waals surface area (Å²) in [5, 5.41) is 0. The lowest BCUT2D eigenvalue weighted by Crippen LogP contribution is -2.21. The third kappa shape index (κ3) is 4.19. The lowest BCUT2D eigenvalue weighted by molar-refractivity contribution is 0.357. The predicted molar refractivity (Wildman–Crippen MR) is 78.2 cm³/mol. The molecule has 0 aliphatic rings. The number of hydrogen-bond acceptors (Lipinski definition) is 2. The van der Waals surface area contributed by atoms with Crippen LogP contribution in [-0.4, -0.2) is 12.6 Å². The van der Waals surface area contributed by atoms with Gasteiger partial charge in [0.25, 0.3) is 0 Å². The van der Waals surface area contributed by atoms with E-state index in [0.29, 0.717) is 6.61 Å². The van der Waals surface area contributed by atoms with Crippen LogP contribution >= 0.6 is 0 Å². The van der Waals surface area contributed by atoms with E-state index >= 15 is 0 Å². The Hall–Kier alpha value is -1.28. The summed E-state index contributed by atoms with van der Waals surface area (Å²) in [7, 11) is 0. The number of nitrogens with two attached hydrogens (primary N) is 1. The highest BCUT2D eigenvalue weighted by molar-refractivity contribution is 5.43. The summed E-state index contributed by atoms with van der Waals surface area (Å²) in [6.45, 7) is 8.95. The van der Waals surface area contributed by atoms with Crippen LogP contribution in [-0.2, 0) is 6.42 Å². The number of ether oxygens (including phenoxy) is 1. The van der Waals surface area contributed by atoms with Crippen molar-refractivity contribution in [2.24, 2.45) is 5.73 Å². The van der Waals surface area contributed by atoms with Gasteiger partial charge < -0.3 is 10.5 Å². The van der Waals surface area contributed by atoms with Crippen molar-refractivity contribution >= 4 is 0 Å².